The topological polar surface area (TPSA) is 58.6 Å². The Labute approximate surface area is 134 Å². The Kier molecular flexibility index (Phi) is 4.28. The second-order valence-electron chi connectivity index (χ2n) is 5.46. The van der Waals surface area contributed by atoms with Gasteiger partial charge in [-0.2, -0.15) is 0 Å². The highest BCUT2D eigenvalue weighted by Crippen LogP contribution is 2.27. The molecule has 1 aliphatic rings. The third-order valence-corrected chi connectivity index (χ3v) is 3.92. The predicted octanol–water partition coefficient (Wildman–Crippen LogP) is 2.69. The van der Waals surface area contributed by atoms with E-state index in [2.05, 4.69) is 5.32 Å². The van der Waals surface area contributed by atoms with E-state index in [1.165, 1.54) is 0 Å². The molecule has 2 aromatic rings. The van der Waals surface area contributed by atoms with Gasteiger partial charge in [-0.05, 0) is 36.4 Å². The van der Waals surface area contributed by atoms with Crippen molar-refractivity contribution in [2.45, 2.75) is 6.42 Å². The molecule has 0 aromatic heterocycles. The number of nitrogens with one attached hydrogen (secondary N) is 1. The zero-order valence-corrected chi connectivity index (χ0v) is 12.9. The summed E-state index contributed by atoms with van der Waals surface area (Å²) in [6.45, 7) is 0.393. The number of hydrogen-bond donors (Lipinski definition) is 1. The van der Waals surface area contributed by atoms with E-state index in [0.717, 1.165) is 17.1 Å². The summed E-state index contributed by atoms with van der Waals surface area (Å²) in [6.07, 6.45) is 0.227. The molecule has 5 nitrogen and oxygen atoms in total. The molecule has 3 rings (SSSR count). The van der Waals surface area contributed by atoms with Gasteiger partial charge in [0.15, 0.2) is 0 Å². The van der Waals surface area contributed by atoms with Crippen LogP contribution in [-0.4, -0.2) is 25.5 Å². The lowest BCUT2D eigenvalue weighted by Crippen LogP contribution is -2.28. The first-order valence-corrected chi connectivity index (χ1v) is 7.47. The van der Waals surface area contributed by atoms with E-state index in [0.29, 0.717) is 6.54 Å². The summed E-state index contributed by atoms with van der Waals surface area (Å²) >= 11 is 0. The molecule has 1 atom stereocenters. The van der Waals surface area contributed by atoms with Gasteiger partial charge >= 0.3 is 0 Å². The lowest BCUT2D eigenvalue weighted by molar-refractivity contribution is -0.122. The van der Waals surface area contributed by atoms with Crippen molar-refractivity contribution in [2.75, 3.05) is 23.9 Å². The third kappa shape index (κ3) is 3.34. The second-order valence-corrected chi connectivity index (χ2v) is 5.46. The van der Waals surface area contributed by atoms with Gasteiger partial charge in [-0.15, -0.1) is 0 Å². The van der Waals surface area contributed by atoms with Crippen LogP contribution in [0.1, 0.15) is 6.42 Å². The molecule has 1 N–H and O–H groups in total. The number of anilines is 2. The van der Waals surface area contributed by atoms with E-state index in [4.69, 9.17) is 4.74 Å². The fourth-order valence-electron chi connectivity index (χ4n) is 2.66. The molecule has 0 saturated carbocycles. The highest BCUT2D eigenvalue weighted by molar-refractivity contribution is 6.03. The average Bonchev–Trinajstić information content (AvgIpc) is 2.98. The Bertz CT molecular complexity index is 698. The Morgan fingerprint density at radius 2 is 1.83 bits per heavy atom. The molecule has 1 fully saturated rings. The zero-order valence-electron chi connectivity index (χ0n) is 12.9. The Hall–Kier alpha value is -2.82. The van der Waals surface area contributed by atoms with Crippen LogP contribution in [-0.2, 0) is 9.59 Å². The fourth-order valence-corrected chi connectivity index (χ4v) is 2.66. The molecule has 0 unspecified atom stereocenters. The van der Waals surface area contributed by atoms with Crippen LogP contribution in [0.2, 0.25) is 0 Å². The van der Waals surface area contributed by atoms with E-state index in [1.54, 1.807) is 24.1 Å². The van der Waals surface area contributed by atoms with Gasteiger partial charge in [-0.25, -0.2) is 0 Å². The summed E-state index contributed by atoms with van der Waals surface area (Å²) in [4.78, 5) is 26.2. The summed E-state index contributed by atoms with van der Waals surface area (Å²) in [5.74, 6) is 0.229. The quantitative estimate of drug-likeness (QED) is 0.944. The van der Waals surface area contributed by atoms with Crippen molar-refractivity contribution in [2.24, 2.45) is 5.92 Å². The molecule has 0 radical (unpaired) electrons. The average molecular weight is 310 g/mol. The smallest absolute Gasteiger partial charge is 0.229 e. The SMILES string of the molecule is COc1ccc(N2C[C@H](C(=O)Nc3ccccc3)CC2=O)cc1. The van der Waals surface area contributed by atoms with Crippen LogP contribution < -0.4 is 15.0 Å². The number of methoxy groups -OCH3 is 1. The van der Waals surface area contributed by atoms with Crippen molar-refractivity contribution in [3.8, 4) is 5.75 Å². The molecule has 23 heavy (non-hydrogen) atoms. The monoisotopic (exact) mass is 310 g/mol. The first-order chi connectivity index (χ1) is 11.2. The maximum Gasteiger partial charge on any atom is 0.229 e. The first kappa shape index (κ1) is 15.1. The van der Waals surface area contributed by atoms with Crippen LogP contribution in [0.25, 0.3) is 0 Å². The molecule has 1 heterocycles. The summed E-state index contributed by atoms with van der Waals surface area (Å²) in [7, 11) is 1.60. The van der Waals surface area contributed by atoms with Crippen LogP contribution in [0, 0.1) is 5.92 Å². The van der Waals surface area contributed by atoms with E-state index in [-0.39, 0.29) is 24.2 Å². The summed E-state index contributed by atoms with van der Waals surface area (Å²) in [6, 6.07) is 16.5. The van der Waals surface area contributed by atoms with Crippen molar-refractivity contribution >= 4 is 23.2 Å². The minimum atomic E-state index is -0.343. The summed E-state index contributed by atoms with van der Waals surface area (Å²) in [5, 5.41) is 2.86. The van der Waals surface area contributed by atoms with Gasteiger partial charge in [0.25, 0.3) is 0 Å². The van der Waals surface area contributed by atoms with Crippen LogP contribution >= 0.6 is 0 Å². The second kappa shape index (κ2) is 6.52. The Balaban J connectivity index is 1.67. The molecule has 1 saturated heterocycles. The van der Waals surface area contributed by atoms with E-state index < -0.39 is 0 Å². The molecular weight excluding hydrogens is 292 g/mol. The molecule has 5 heteroatoms. The minimum Gasteiger partial charge on any atom is -0.497 e. The van der Waals surface area contributed by atoms with E-state index in [9.17, 15) is 9.59 Å². The standard InChI is InChI=1S/C18H18N2O3/c1-23-16-9-7-15(8-10-16)20-12-13(11-17(20)21)18(22)19-14-5-3-2-4-6-14/h2-10,13H,11-12H2,1H3,(H,19,22)/t13-/m1/s1. The van der Waals surface area contributed by atoms with Crippen LogP contribution in [0.4, 0.5) is 11.4 Å². The fraction of sp³-hybridized carbons (Fsp3) is 0.222. The maximum atomic E-state index is 12.3. The van der Waals surface area contributed by atoms with E-state index >= 15 is 0 Å². The maximum absolute atomic E-state index is 12.3. The zero-order chi connectivity index (χ0) is 16.2. The summed E-state index contributed by atoms with van der Waals surface area (Å²) < 4.78 is 5.12. The Morgan fingerprint density at radius 1 is 1.13 bits per heavy atom. The van der Waals surface area contributed by atoms with Crippen LogP contribution in [0.15, 0.2) is 54.6 Å². The van der Waals surface area contributed by atoms with Gasteiger partial charge in [0.05, 0.1) is 13.0 Å². The number of carbonyl (C=O) groups is 2. The van der Waals surface area contributed by atoms with Crippen molar-refractivity contribution in [1.82, 2.24) is 0 Å². The van der Waals surface area contributed by atoms with Gasteiger partial charge in [-0.3, -0.25) is 9.59 Å². The number of para-hydroxylation sites is 1. The van der Waals surface area contributed by atoms with Gasteiger partial charge in [-0.1, -0.05) is 18.2 Å². The lowest BCUT2D eigenvalue weighted by Gasteiger charge is -2.17. The number of benzene rings is 2. The van der Waals surface area contributed by atoms with Crippen LogP contribution in [0.5, 0.6) is 5.75 Å². The van der Waals surface area contributed by atoms with Crippen molar-refractivity contribution < 1.29 is 14.3 Å². The highest BCUT2D eigenvalue weighted by Gasteiger charge is 2.35. The highest BCUT2D eigenvalue weighted by atomic mass is 16.5. The number of nitrogens with zero attached hydrogens (tertiary/aromatic N) is 1. The largest absolute Gasteiger partial charge is 0.497 e. The number of rotatable bonds is 4. The van der Waals surface area contributed by atoms with Gasteiger partial charge in [0.1, 0.15) is 5.75 Å². The lowest BCUT2D eigenvalue weighted by atomic mass is 10.1. The van der Waals surface area contributed by atoms with E-state index in [1.807, 2.05) is 42.5 Å². The van der Waals surface area contributed by atoms with Gasteiger partial charge in [0, 0.05) is 24.3 Å². The molecule has 118 valence electrons. The molecule has 1 aliphatic heterocycles. The number of ether oxygens (including phenoxy) is 1. The van der Waals surface area contributed by atoms with Gasteiger partial charge in [0.2, 0.25) is 11.8 Å². The first-order valence-electron chi connectivity index (χ1n) is 7.47. The molecule has 0 bridgehead atoms. The van der Waals surface area contributed by atoms with Crippen molar-refractivity contribution in [3.63, 3.8) is 0 Å². The predicted molar refractivity (Wildman–Crippen MR) is 88.5 cm³/mol. The van der Waals surface area contributed by atoms with Crippen LogP contribution in [0.3, 0.4) is 0 Å². The molecule has 0 aliphatic carbocycles. The molecule has 0 spiro atoms. The number of hydrogen-bond acceptors (Lipinski definition) is 3. The Morgan fingerprint density at radius 3 is 2.48 bits per heavy atom. The van der Waals surface area contributed by atoms with Gasteiger partial charge < -0.3 is 15.0 Å². The van der Waals surface area contributed by atoms with Crippen molar-refractivity contribution in [1.29, 1.82) is 0 Å². The molecular formula is C18H18N2O3. The molecule has 2 amide bonds. The molecule has 2 aromatic carbocycles. The summed E-state index contributed by atoms with van der Waals surface area (Å²) in [5.41, 5.74) is 1.53. The number of carbonyl (C=O) groups excluding carboxylic acids is 2. The normalized spacial score (nSPS) is 17.2. The third-order valence-electron chi connectivity index (χ3n) is 3.92. The van der Waals surface area contributed by atoms with Crippen molar-refractivity contribution in [3.05, 3.63) is 54.6 Å². The number of amides is 2. The minimum absolute atomic E-state index is 0.0385.